The Morgan fingerprint density at radius 3 is 2.74 bits per heavy atom. The zero-order valence-electron chi connectivity index (χ0n) is 10.5. The Bertz CT molecular complexity index is 500. The maximum atomic E-state index is 13.6. The molecule has 0 radical (unpaired) electrons. The van der Waals surface area contributed by atoms with E-state index in [0.717, 1.165) is 32.5 Å². The van der Waals surface area contributed by atoms with Crippen molar-refractivity contribution in [3.8, 4) is 0 Å². The molecule has 102 valence electrons. The number of fused-ring (bicyclic) bond motifs is 3. The molecule has 3 fully saturated rings. The maximum Gasteiger partial charge on any atom is 0.254 e. The van der Waals surface area contributed by atoms with Crippen molar-refractivity contribution in [1.82, 2.24) is 10.2 Å². The number of carbonyl (C=O) groups excluding carboxylic acids is 1. The van der Waals surface area contributed by atoms with Gasteiger partial charge in [0.25, 0.3) is 5.91 Å². The molecule has 3 heterocycles. The summed E-state index contributed by atoms with van der Waals surface area (Å²) in [5.74, 6) is -0.363. The first-order chi connectivity index (χ1) is 9.13. The number of piperidine rings is 3. The van der Waals surface area contributed by atoms with Crippen LogP contribution in [0.15, 0.2) is 18.2 Å². The average molecular weight is 283 g/mol. The predicted octanol–water partition coefficient (Wildman–Crippen LogP) is 2.30. The molecule has 2 bridgehead atoms. The third-order valence-electron chi connectivity index (χ3n) is 4.15. The summed E-state index contributed by atoms with van der Waals surface area (Å²) in [6.07, 6.45) is 2.23. The van der Waals surface area contributed by atoms with E-state index in [1.54, 1.807) is 0 Å². The smallest absolute Gasteiger partial charge is 0.254 e. The fourth-order valence-corrected chi connectivity index (χ4v) is 3.22. The quantitative estimate of drug-likeness (QED) is 0.903. The number of hydrogen-bond acceptors (Lipinski definition) is 2. The van der Waals surface area contributed by atoms with Gasteiger partial charge in [0.05, 0.1) is 5.56 Å². The van der Waals surface area contributed by atoms with Crippen LogP contribution in [0, 0.1) is 11.7 Å². The van der Waals surface area contributed by atoms with Crippen molar-refractivity contribution in [3.05, 3.63) is 34.6 Å². The van der Waals surface area contributed by atoms with Crippen LogP contribution in [0.3, 0.4) is 0 Å². The Kier molecular flexibility index (Phi) is 3.46. The molecular formula is C14H16ClFN2O. The molecule has 1 aromatic carbocycles. The number of halogens is 2. The zero-order valence-corrected chi connectivity index (χ0v) is 11.3. The molecule has 4 rings (SSSR count). The molecule has 0 aliphatic carbocycles. The van der Waals surface area contributed by atoms with Crippen LogP contribution in [0.5, 0.6) is 0 Å². The van der Waals surface area contributed by atoms with E-state index in [1.165, 1.54) is 18.2 Å². The number of amides is 1. The highest BCUT2D eigenvalue weighted by Crippen LogP contribution is 2.27. The van der Waals surface area contributed by atoms with Crippen molar-refractivity contribution in [3.63, 3.8) is 0 Å². The fraction of sp³-hybridized carbons (Fsp3) is 0.500. The molecule has 1 aromatic rings. The average Bonchev–Trinajstić information content (AvgIpc) is 2.43. The molecule has 0 spiro atoms. The summed E-state index contributed by atoms with van der Waals surface area (Å²) in [5.41, 5.74) is 0.0314. The van der Waals surface area contributed by atoms with Crippen LogP contribution in [0.2, 0.25) is 5.02 Å². The summed E-state index contributed by atoms with van der Waals surface area (Å²) >= 11 is 5.81. The summed E-state index contributed by atoms with van der Waals surface area (Å²) < 4.78 is 13.6. The summed E-state index contributed by atoms with van der Waals surface area (Å²) in [4.78, 5) is 14.5. The van der Waals surface area contributed by atoms with Gasteiger partial charge in [0.15, 0.2) is 0 Å². The van der Waals surface area contributed by atoms with Crippen LogP contribution < -0.4 is 5.32 Å². The molecule has 3 saturated heterocycles. The lowest BCUT2D eigenvalue weighted by Crippen LogP contribution is -2.57. The molecule has 3 aliphatic rings. The standard InChI is InChI=1S/C14H16ClFN2O/c15-10-1-2-12(16)11(7-10)14(19)17-13-8-18-5-3-9(13)4-6-18/h1-2,7,9,13H,3-6,8H2,(H,17,19). The van der Waals surface area contributed by atoms with Crippen molar-refractivity contribution in [2.24, 2.45) is 5.92 Å². The van der Waals surface area contributed by atoms with Gasteiger partial charge < -0.3 is 10.2 Å². The Labute approximate surface area is 116 Å². The molecule has 1 atom stereocenters. The van der Waals surface area contributed by atoms with Crippen LogP contribution in [-0.4, -0.2) is 36.5 Å². The second-order valence-electron chi connectivity index (χ2n) is 5.34. The minimum absolute atomic E-state index is 0.0314. The van der Waals surface area contributed by atoms with Crippen molar-refractivity contribution < 1.29 is 9.18 Å². The molecule has 1 amide bonds. The summed E-state index contributed by atoms with van der Waals surface area (Å²) in [7, 11) is 0. The lowest BCUT2D eigenvalue weighted by atomic mass is 9.84. The Balaban J connectivity index is 1.73. The van der Waals surface area contributed by atoms with E-state index >= 15 is 0 Å². The predicted molar refractivity (Wildman–Crippen MR) is 71.8 cm³/mol. The van der Waals surface area contributed by atoms with E-state index in [0.29, 0.717) is 10.9 Å². The SMILES string of the molecule is O=C(NC1CN2CCC1CC2)c1cc(Cl)ccc1F. The highest BCUT2D eigenvalue weighted by atomic mass is 35.5. The van der Waals surface area contributed by atoms with Gasteiger partial charge in [-0.2, -0.15) is 0 Å². The number of benzene rings is 1. The van der Waals surface area contributed by atoms with E-state index < -0.39 is 5.82 Å². The first-order valence-electron chi connectivity index (χ1n) is 6.62. The Hall–Kier alpha value is -1.13. The molecule has 1 unspecified atom stereocenters. The highest BCUT2D eigenvalue weighted by Gasteiger charge is 2.35. The van der Waals surface area contributed by atoms with Crippen LogP contribution >= 0.6 is 11.6 Å². The molecule has 3 nitrogen and oxygen atoms in total. The van der Waals surface area contributed by atoms with Crippen molar-refractivity contribution in [1.29, 1.82) is 0 Å². The van der Waals surface area contributed by atoms with Gasteiger partial charge in [-0.25, -0.2) is 4.39 Å². The second-order valence-corrected chi connectivity index (χ2v) is 5.78. The van der Waals surface area contributed by atoms with Gasteiger partial charge in [0.2, 0.25) is 0 Å². The minimum atomic E-state index is -0.525. The number of nitrogens with zero attached hydrogens (tertiary/aromatic N) is 1. The number of rotatable bonds is 2. The topological polar surface area (TPSA) is 32.3 Å². The number of hydrogen-bond donors (Lipinski definition) is 1. The van der Waals surface area contributed by atoms with E-state index in [9.17, 15) is 9.18 Å². The Morgan fingerprint density at radius 1 is 1.37 bits per heavy atom. The van der Waals surface area contributed by atoms with E-state index in [2.05, 4.69) is 10.2 Å². The van der Waals surface area contributed by atoms with Gasteiger partial charge in [-0.05, 0) is 50.0 Å². The fourth-order valence-electron chi connectivity index (χ4n) is 3.05. The summed E-state index contributed by atoms with van der Waals surface area (Å²) in [5, 5.41) is 3.33. The molecule has 3 aliphatic heterocycles. The van der Waals surface area contributed by atoms with E-state index in [4.69, 9.17) is 11.6 Å². The Morgan fingerprint density at radius 2 is 2.11 bits per heavy atom. The molecular weight excluding hydrogens is 267 g/mol. The molecule has 1 N–H and O–H groups in total. The first kappa shape index (κ1) is 12.9. The van der Waals surface area contributed by atoms with Crippen molar-refractivity contribution in [2.45, 2.75) is 18.9 Å². The van der Waals surface area contributed by atoms with Crippen LogP contribution in [-0.2, 0) is 0 Å². The second kappa shape index (κ2) is 5.10. The lowest BCUT2D eigenvalue weighted by Gasteiger charge is -2.44. The molecule has 5 heteroatoms. The molecule has 19 heavy (non-hydrogen) atoms. The van der Waals surface area contributed by atoms with Gasteiger partial charge in [-0.15, -0.1) is 0 Å². The van der Waals surface area contributed by atoms with Gasteiger partial charge in [-0.3, -0.25) is 4.79 Å². The van der Waals surface area contributed by atoms with Crippen LogP contribution in [0.4, 0.5) is 4.39 Å². The van der Waals surface area contributed by atoms with Crippen molar-refractivity contribution in [2.75, 3.05) is 19.6 Å². The first-order valence-corrected chi connectivity index (χ1v) is 6.99. The van der Waals surface area contributed by atoms with Gasteiger partial charge >= 0.3 is 0 Å². The third kappa shape index (κ3) is 2.60. The van der Waals surface area contributed by atoms with Crippen LogP contribution in [0.25, 0.3) is 0 Å². The zero-order chi connectivity index (χ0) is 13.4. The van der Waals surface area contributed by atoms with Crippen LogP contribution in [0.1, 0.15) is 23.2 Å². The molecule has 0 aromatic heterocycles. The third-order valence-corrected chi connectivity index (χ3v) is 4.38. The molecule has 0 saturated carbocycles. The van der Waals surface area contributed by atoms with E-state index in [1.807, 2.05) is 0 Å². The normalized spacial score (nSPS) is 29.3. The van der Waals surface area contributed by atoms with E-state index in [-0.39, 0.29) is 17.5 Å². The van der Waals surface area contributed by atoms with Crippen molar-refractivity contribution >= 4 is 17.5 Å². The van der Waals surface area contributed by atoms with Gasteiger partial charge in [0.1, 0.15) is 5.82 Å². The lowest BCUT2D eigenvalue weighted by molar-refractivity contribution is 0.0618. The highest BCUT2D eigenvalue weighted by molar-refractivity contribution is 6.31. The minimum Gasteiger partial charge on any atom is -0.348 e. The summed E-state index contributed by atoms with van der Waals surface area (Å²) in [6, 6.07) is 4.19. The van der Waals surface area contributed by atoms with Gasteiger partial charge in [-0.1, -0.05) is 11.6 Å². The number of nitrogens with one attached hydrogen (secondary N) is 1. The monoisotopic (exact) mass is 282 g/mol. The maximum absolute atomic E-state index is 13.6. The van der Waals surface area contributed by atoms with Gasteiger partial charge in [0, 0.05) is 17.6 Å². The summed E-state index contributed by atoms with van der Waals surface area (Å²) in [6.45, 7) is 3.10. The number of carbonyl (C=O) groups is 1. The largest absolute Gasteiger partial charge is 0.348 e.